The van der Waals surface area contributed by atoms with E-state index >= 15 is 0 Å². The van der Waals surface area contributed by atoms with Crippen molar-refractivity contribution in [2.45, 2.75) is 38.1 Å². The smallest absolute Gasteiger partial charge is 0.257 e. The first-order valence-electron chi connectivity index (χ1n) is 9.08. The third-order valence-electron chi connectivity index (χ3n) is 4.25. The molecule has 0 aliphatic carbocycles. The van der Waals surface area contributed by atoms with Gasteiger partial charge >= 0.3 is 0 Å². The zero-order chi connectivity index (χ0) is 19.5. The Morgan fingerprint density at radius 2 is 1.86 bits per heavy atom. The van der Waals surface area contributed by atoms with Gasteiger partial charge < -0.3 is 4.42 Å². The summed E-state index contributed by atoms with van der Waals surface area (Å²) in [5.41, 5.74) is 4.21. The summed E-state index contributed by atoms with van der Waals surface area (Å²) in [6, 6.07) is 14.2. The van der Waals surface area contributed by atoms with Crippen LogP contribution < -0.4 is 0 Å². The molecule has 3 aromatic heterocycles. The molecule has 0 unspecified atom stereocenters. The van der Waals surface area contributed by atoms with E-state index in [2.05, 4.69) is 40.1 Å². The number of nitrogens with zero attached hydrogens (tertiary/aromatic N) is 4. The molecule has 142 valence electrons. The Labute approximate surface area is 172 Å². The fourth-order valence-electron chi connectivity index (χ4n) is 2.88. The lowest BCUT2D eigenvalue weighted by molar-refractivity contribution is 0.529. The van der Waals surface area contributed by atoms with E-state index in [1.165, 1.54) is 22.2 Å². The minimum atomic E-state index is 0.537. The molecular formula is C21H20N4OS2. The van der Waals surface area contributed by atoms with Crippen LogP contribution in [0.1, 0.15) is 28.9 Å². The summed E-state index contributed by atoms with van der Waals surface area (Å²) in [5, 5.41) is 9.11. The monoisotopic (exact) mass is 408 g/mol. The molecule has 1 aromatic carbocycles. The van der Waals surface area contributed by atoms with Crippen LogP contribution >= 0.6 is 23.1 Å². The van der Waals surface area contributed by atoms with Gasteiger partial charge in [-0.05, 0) is 38.0 Å². The largest absolute Gasteiger partial charge is 0.419 e. The number of benzene rings is 1. The van der Waals surface area contributed by atoms with Crippen molar-refractivity contribution < 1.29 is 4.42 Å². The molecule has 0 saturated heterocycles. The second-order valence-corrected chi connectivity index (χ2v) is 8.48. The highest BCUT2D eigenvalue weighted by Crippen LogP contribution is 2.31. The van der Waals surface area contributed by atoms with Gasteiger partial charge in [0.05, 0.1) is 16.3 Å². The maximum Gasteiger partial charge on any atom is 0.257 e. The van der Waals surface area contributed by atoms with Crippen LogP contribution in [-0.2, 0) is 12.2 Å². The van der Waals surface area contributed by atoms with Crippen molar-refractivity contribution in [3.05, 3.63) is 64.5 Å². The van der Waals surface area contributed by atoms with Gasteiger partial charge in [-0.25, -0.2) is 9.97 Å². The molecule has 3 heterocycles. The predicted molar refractivity (Wildman–Crippen MR) is 113 cm³/mol. The highest BCUT2D eigenvalue weighted by atomic mass is 32.2. The summed E-state index contributed by atoms with van der Waals surface area (Å²) < 4.78 is 5.86. The fourth-order valence-corrected chi connectivity index (χ4v) is 4.65. The second kappa shape index (κ2) is 8.24. The van der Waals surface area contributed by atoms with E-state index in [-0.39, 0.29) is 0 Å². The van der Waals surface area contributed by atoms with Gasteiger partial charge in [-0.1, -0.05) is 49.0 Å². The minimum Gasteiger partial charge on any atom is -0.419 e. The van der Waals surface area contributed by atoms with Crippen LogP contribution in [-0.4, -0.2) is 20.2 Å². The van der Waals surface area contributed by atoms with E-state index in [0.29, 0.717) is 22.7 Å². The van der Waals surface area contributed by atoms with Gasteiger partial charge in [-0.3, -0.25) is 0 Å². The van der Waals surface area contributed by atoms with Crippen molar-refractivity contribution in [1.29, 1.82) is 0 Å². The Kier molecular flexibility index (Phi) is 5.54. The molecule has 4 aromatic rings. The predicted octanol–water partition coefficient (Wildman–Crippen LogP) is 5.73. The van der Waals surface area contributed by atoms with Crippen LogP contribution in [0.25, 0.3) is 22.0 Å². The number of hydrogen-bond donors (Lipinski definition) is 0. The Morgan fingerprint density at radius 3 is 2.61 bits per heavy atom. The van der Waals surface area contributed by atoms with Crippen LogP contribution in [0.4, 0.5) is 0 Å². The molecule has 0 aliphatic rings. The van der Waals surface area contributed by atoms with E-state index in [0.717, 1.165) is 28.2 Å². The van der Waals surface area contributed by atoms with Crippen molar-refractivity contribution in [1.82, 2.24) is 20.2 Å². The summed E-state index contributed by atoms with van der Waals surface area (Å²) >= 11 is 3.22. The summed E-state index contributed by atoms with van der Waals surface area (Å²) in [7, 11) is 0. The summed E-state index contributed by atoms with van der Waals surface area (Å²) in [6.45, 7) is 6.25. The van der Waals surface area contributed by atoms with E-state index in [4.69, 9.17) is 4.42 Å². The van der Waals surface area contributed by atoms with Crippen LogP contribution in [0.3, 0.4) is 0 Å². The van der Waals surface area contributed by atoms with Gasteiger partial charge in [-0.2, -0.15) is 0 Å². The Balaban J connectivity index is 1.49. The second-order valence-electron chi connectivity index (χ2n) is 6.40. The van der Waals surface area contributed by atoms with E-state index in [1.54, 1.807) is 11.3 Å². The van der Waals surface area contributed by atoms with Gasteiger partial charge in [0.15, 0.2) is 5.16 Å². The summed E-state index contributed by atoms with van der Waals surface area (Å²) in [5.74, 6) is 1.70. The van der Waals surface area contributed by atoms with Gasteiger partial charge in [0.25, 0.3) is 5.89 Å². The van der Waals surface area contributed by atoms with Crippen molar-refractivity contribution in [3.8, 4) is 22.0 Å². The molecular weight excluding hydrogens is 388 g/mol. The Bertz CT molecular complexity index is 1090. The van der Waals surface area contributed by atoms with Gasteiger partial charge in [-0.15, -0.1) is 21.5 Å². The zero-order valence-electron chi connectivity index (χ0n) is 16.0. The number of aromatic nitrogens is 4. The summed E-state index contributed by atoms with van der Waals surface area (Å²) in [6.07, 6.45) is 1.02. The number of thiophene rings is 1. The third kappa shape index (κ3) is 4.15. The Morgan fingerprint density at radius 1 is 1.04 bits per heavy atom. The fraction of sp³-hybridized carbons (Fsp3) is 0.238. The molecule has 4 rings (SSSR count). The quantitative estimate of drug-likeness (QED) is 0.300. The van der Waals surface area contributed by atoms with Gasteiger partial charge in [0.2, 0.25) is 5.89 Å². The minimum absolute atomic E-state index is 0.537. The lowest BCUT2D eigenvalue weighted by atomic mass is 10.1. The van der Waals surface area contributed by atoms with Gasteiger partial charge in [0, 0.05) is 16.1 Å². The maximum atomic E-state index is 5.86. The molecule has 0 saturated carbocycles. The molecule has 0 radical (unpaired) electrons. The highest BCUT2D eigenvalue weighted by molar-refractivity contribution is 7.98. The lowest BCUT2D eigenvalue weighted by Crippen LogP contribution is -1.94. The van der Waals surface area contributed by atoms with Crippen LogP contribution in [0.5, 0.6) is 0 Å². The molecule has 0 bridgehead atoms. The molecule has 0 aliphatic heterocycles. The number of hydrogen-bond acceptors (Lipinski definition) is 7. The standard InChI is InChI=1S/C21H20N4OS2/c1-4-17-13(2)10-18(28-17)20-25-24-19(26-20)12-27-21-22-14(3)11-16(23-21)15-8-6-5-7-9-15/h5-11H,4,12H2,1-3H3. The van der Waals surface area contributed by atoms with Crippen LogP contribution in [0.2, 0.25) is 0 Å². The van der Waals surface area contributed by atoms with Crippen LogP contribution in [0.15, 0.2) is 52.0 Å². The number of thioether (sulfide) groups is 1. The van der Waals surface area contributed by atoms with Crippen molar-refractivity contribution >= 4 is 23.1 Å². The normalized spacial score (nSPS) is 11.1. The first-order valence-corrected chi connectivity index (χ1v) is 10.9. The topological polar surface area (TPSA) is 64.7 Å². The first-order chi connectivity index (χ1) is 13.6. The van der Waals surface area contributed by atoms with Crippen molar-refractivity contribution in [2.24, 2.45) is 0 Å². The Hall–Kier alpha value is -2.51. The highest BCUT2D eigenvalue weighted by Gasteiger charge is 2.14. The molecule has 28 heavy (non-hydrogen) atoms. The molecule has 0 spiro atoms. The van der Waals surface area contributed by atoms with E-state index < -0.39 is 0 Å². The molecule has 7 heteroatoms. The SMILES string of the molecule is CCc1sc(-c2nnc(CSc3nc(C)cc(-c4ccccc4)n3)o2)cc1C. The zero-order valence-corrected chi connectivity index (χ0v) is 17.6. The first kappa shape index (κ1) is 18.8. The third-order valence-corrected chi connectivity index (χ3v) is 6.45. The molecule has 0 fully saturated rings. The molecule has 0 amide bonds. The van der Waals surface area contributed by atoms with Crippen molar-refractivity contribution in [3.63, 3.8) is 0 Å². The molecule has 0 atom stereocenters. The lowest BCUT2D eigenvalue weighted by Gasteiger charge is -2.05. The van der Waals surface area contributed by atoms with Crippen LogP contribution in [0, 0.1) is 13.8 Å². The van der Waals surface area contributed by atoms with E-state index in [1.807, 2.05) is 43.3 Å². The van der Waals surface area contributed by atoms with Crippen molar-refractivity contribution in [2.75, 3.05) is 0 Å². The maximum absolute atomic E-state index is 5.86. The molecule has 5 nitrogen and oxygen atoms in total. The average molecular weight is 409 g/mol. The molecule has 0 N–H and O–H groups in total. The number of rotatable bonds is 6. The van der Waals surface area contributed by atoms with E-state index in [9.17, 15) is 0 Å². The average Bonchev–Trinajstić information content (AvgIpc) is 3.33. The number of aryl methyl sites for hydroxylation is 3. The van der Waals surface area contributed by atoms with Gasteiger partial charge in [0.1, 0.15) is 0 Å². The summed E-state index contributed by atoms with van der Waals surface area (Å²) in [4.78, 5) is 11.6.